The lowest BCUT2D eigenvalue weighted by molar-refractivity contribution is -0.117. The molecule has 1 amide bonds. The minimum absolute atomic E-state index is 0.0494. The first-order chi connectivity index (χ1) is 12.7. The average molecular weight is 339 g/mol. The zero-order valence-electron chi connectivity index (χ0n) is 14.2. The number of pyridine rings is 1. The van der Waals surface area contributed by atoms with Crippen LogP contribution in [0.1, 0.15) is 24.0 Å². The van der Waals surface area contributed by atoms with Gasteiger partial charge in [0.05, 0.1) is 11.6 Å². The molecule has 0 radical (unpaired) electrons. The molecule has 2 aromatic carbocycles. The zero-order valence-corrected chi connectivity index (χ0v) is 14.2. The molecule has 0 saturated heterocycles. The van der Waals surface area contributed by atoms with E-state index in [9.17, 15) is 10.1 Å². The molecule has 1 heterocycles. The van der Waals surface area contributed by atoms with E-state index in [-0.39, 0.29) is 11.8 Å². The zero-order chi connectivity index (χ0) is 18.1. The maximum absolute atomic E-state index is 11.9. The molecule has 0 bridgehead atoms. The molecule has 0 atom stereocenters. The number of aromatic nitrogens is 1. The Morgan fingerprint density at radius 1 is 1.19 bits per heavy atom. The number of benzene rings is 2. The Hall–Kier alpha value is -3.45. The van der Waals surface area contributed by atoms with Crippen molar-refractivity contribution in [2.24, 2.45) is 5.92 Å². The first kappa shape index (κ1) is 16.0. The predicted octanol–water partition coefficient (Wildman–Crippen LogP) is 4.76. The fourth-order valence-electron chi connectivity index (χ4n) is 2.98. The molecule has 26 heavy (non-hydrogen) atoms. The molecule has 1 N–H and O–H groups in total. The molecule has 0 unspecified atom stereocenters. The van der Waals surface area contributed by atoms with Crippen molar-refractivity contribution in [3.8, 4) is 17.2 Å². The van der Waals surface area contributed by atoms with Crippen LogP contribution >= 0.6 is 0 Å². The Labute approximate surface area is 151 Å². The lowest BCUT2D eigenvalue weighted by Crippen LogP contribution is -2.14. The van der Waals surface area contributed by atoms with Gasteiger partial charge in [-0.15, -0.1) is 0 Å². The molecule has 4 rings (SSSR count). The third-order valence-electron chi connectivity index (χ3n) is 4.63. The second-order valence-corrected chi connectivity index (χ2v) is 6.52. The highest BCUT2D eigenvalue weighted by atomic mass is 16.2. The van der Waals surface area contributed by atoms with E-state index in [4.69, 9.17) is 0 Å². The van der Waals surface area contributed by atoms with E-state index in [1.807, 2.05) is 42.5 Å². The van der Waals surface area contributed by atoms with Crippen LogP contribution in [0.15, 0.2) is 55.2 Å². The summed E-state index contributed by atoms with van der Waals surface area (Å²) >= 11 is 0. The van der Waals surface area contributed by atoms with Gasteiger partial charge in [0, 0.05) is 23.1 Å². The number of hydrogen-bond acceptors (Lipinski definition) is 3. The van der Waals surface area contributed by atoms with E-state index in [0.29, 0.717) is 11.4 Å². The van der Waals surface area contributed by atoms with Crippen molar-refractivity contribution >= 4 is 28.6 Å². The Kier molecular flexibility index (Phi) is 3.98. The van der Waals surface area contributed by atoms with Crippen molar-refractivity contribution in [1.82, 2.24) is 4.98 Å². The molecule has 1 saturated carbocycles. The highest BCUT2D eigenvalue weighted by molar-refractivity contribution is 5.96. The molecule has 4 heteroatoms. The van der Waals surface area contributed by atoms with Crippen LogP contribution in [0, 0.1) is 17.2 Å². The first-order valence-corrected chi connectivity index (χ1v) is 8.55. The summed E-state index contributed by atoms with van der Waals surface area (Å²) in [4.78, 5) is 16.2. The van der Waals surface area contributed by atoms with Crippen molar-refractivity contribution in [2.45, 2.75) is 12.8 Å². The van der Waals surface area contributed by atoms with Gasteiger partial charge in [0.1, 0.15) is 5.82 Å². The van der Waals surface area contributed by atoms with Crippen LogP contribution in [0.3, 0.4) is 0 Å². The molecule has 4 nitrogen and oxygen atoms in total. The van der Waals surface area contributed by atoms with Gasteiger partial charge in [-0.05, 0) is 53.6 Å². The Bertz CT molecular complexity index is 1070. The minimum atomic E-state index is 0.0494. The Morgan fingerprint density at radius 3 is 2.77 bits per heavy atom. The summed E-state index contributed by atoms with van der Waals surface area (Å²) in [6, 6.07) is 15.8. The number of nitrogens with one attached hydrogen (secondary N) is 1. The SMILES string of the molecule is C=Cc1ccc(C#N)c(-c2ccc3cc(NC(=O)C4CC4)ncc3c2)c1. The molecule has 1 fully saturated rings. The fraction of sp³-hybridized carbons (Fsp3) is 0.136. The summed E-state index contributed by atoms with van der Waals surface area (Å²) in [6.45, 7) is 3.79. The molecule has 1 aliphatic rings. The van der Waals surface area contributed by atoms with E-state index in [0.717, 1.165) is 40.3 Å². The summed E-state index contributed by atoms with van der Waals surface area (Å²) in [6.07, 6.45) is 5.45. The van der Waals surface area contributed by atoms with Crippen molar-refractivity contribution in [3.05, 3.63) is 66.4 Å². The molecule has 126 valence electrons. The smallest absolute Gasteiger partial charge is 0.228 e. The van der Waals surface area contributed by atoms with Crippen LogP contribution in [-0.4, -0.2) is 10.9 Å². The van der Waals surface area contributed by atoms with Crippen molar-refractivity contribution < 1.29 is 4.79 Å². The fourth-order valence-corrected chi connectivity index (χ4v) is 2.98. The van der Waals surface area contributed by atoms with Crippen molar-refractivity contribution in [3.63, 3.8) is 0 Å². The largest absolute Gasteiger partial charge is 0.310 e. The number of hydrogen-bond donors (Lipinski definition) is 1. The molecule has 3 aromatic rings. The highest BCUT2D eigenvalue weighted by Crippen LogP contribution is 2.31. The number of anilines is 1. The second kappa shape index (κ2) is 6.45. The van der Waals surface area contributed by atoms with Crippen molar-refractivity contribution in [2.75, 3.05) is 5.32 Å². The summed E-state index contributed by atoms with van der Waals surface area (Å²) in [5, 5.41) is 14.2. The summed E-state index contributed by atoms with van der Waals surface area (Å²) < 4.78 is 0. The number of fused-ring (bicyclic) bond motifs is 1. The summed E-state index contributed by atoms with van der Waals surface area (Å²) in [5.74, 6) is 0.776. The van der Waals surface area contributed by atoms with Gasteiger partial charge >= 0.3 is 0 Å². The summed E-state index contributed by atoms with van der Waals surface area (Å²) in [7, 11) is 0. The van der Waals surface area contributed by atoms with Gasteiger partial charge in [-0.25, -0.2) is 4.98 Å². The van der Waals surface area contributed by atoms with Crippen LogP contribution in [0.5, 0.6) is 0 Å². The lowest BCUT2D eigenvalue weighted by Gasteiger charge is -2.09. The van der Waals surface area contributed by atoms with Gasteiger partial charge in [-0.1, -0.05) is 30.9 Å². The highest BCUT2D eigenvalue weighted by Gasteiger charge is 2.29. The van der Waals surface area contributed by atoms with Crippen LogP contribution in [-0.2, 0) is 4.79 Å². The van der Waals surface area contributed by atoms with E-state index < -0.39 is 0 Å². The Balaban J connectivity index is 1.71. The molecule has 0 spiro atoms. The maximum Gasteiger partial charge on any atom is 0.228 e. The van der Waals surface area contributed by atoms with Crippen LogP contribution in [0.2, 0.25) is 0 Å². The maximum atomic E-state index is 11.9. The van der Waals surface area contributed by atoms with Gasteiger partial charge in [0.25, 0.3) is 0 Å². The first-order valence-electron chi connectivity index (χ1n) is 8.55. The van der Waals surface area contributed by atoms with E-state index in [2.05, 4.69) is 22.9 Å². The quantitative estimate of drug-likeness (QED) is 0.745. The van der Waals surface area contributed by atoms with Gasteiger partial charge < -0.3 is 5.32 Å². The molecular weight excluding hydrogens is 322 g/mol. The van der Waals surface area contributed by atoms with Gasteiger partial charge in [-0.2, -0.15) is 5.26 Å². The van der Waals surface area contributed by atoms with Crippen LogP contribution in [0.4, 0.5) is 5.82 Å². The lowest BCUT2D eigenvalue weighted by atomic mass is 9.96. The third-order valence-corrected chi connectivity index (χ3v) is 4.63. The third kappa shape index (κ3) is 3.07. The summed E-state index contributed by atoms with van der Waals surface area (Å²) in [5.41, 5.74) is 3.42. The van der Waals surface area contributed by atoms with Gasteiger partial charge in [0.15, 0.2) is 0 Å². The Morgan fingerprint density at radius 2 is 2.04 bits per heavy atom. The van der Waals surface area contributed by atoms with E-state index in [1.54, 1.807) is 12.3 Å². The molecule has 1 aliphatic carbocycles. The second-order valence-electron chi connectivity index (χ2n) is 6.52. The number of rotatable bonds is 4. The average Bonchev–Trinajstić information content (AvgIpc) is 3.52. The number of carbonyl (C=O) groups is 1. The number of nitriles is 1. The van der Waals surface area contributed by atoms with E-state index >= 15 is 0 Å². The number of nitrogens with zero attached hydrogens (tertiary/aromatic N) is 2. The standard InChI is InChI=1S/C22H17N3O/c1-2-14-3-4-18(12-23)20(9-14)17-8-7-16-11-21(24-13-19(16)10-17)25-22(26)15-5-6-15/h2-4,7-11,13,15H,1,5-6H2,(H,24,25,26). The monoisotopic (exact) mass is 339 g/mol. The van der Waals surface area contributed by atoms with Crippen LogP contribution < -0.4 is 5.32 Å². The van der Waals surface area contributed by atoms with Gasteiger partial charge in [-0.3, -0.25) is 4.79 Å². The molecule has 0 aliphatic heterocycles. The van der Waals surface area contributed by atoms with Crippen LogP contribution in [0.25, 0.3) is 28.0 Å². The normalized spacial score (nSPS) is 13.2. The van der Waals surface area contributed by atoms with Crippen molar-refractivity contribution in [1.29, 1.82) is 5.26 Å². The topological polar surface area (TPSA) is 65.8 Å². The van der Waals surface area contributed by atoms with Gasteiger partial charge in [0.2, 0.25) is 5.91 Å². The predicted molar refractivity (Wildman–Crippen MR) is 103 cm³/mol. The molecule has 1 aromatic heterocycles. The molecular formula is C22H17N3O. The minimum Gasteiger partial charge on any atom is -0.310 e. The van der Waals surface area contributed by atoms with E-state index in [1.165, 1.54) is 0 Å². The number of carbonyl (C=O) groups excluding carboxylic acids is 1. The number of amides is 1.